The highest BCUT2D eigenvalue weighted by Crippen LogP contribution is 2.23. The molecule has 3 aromatic heterocycles. The van der Waals surface area contributed by atoms with Gasteiger partial charge in [-0.3, -0.25) is 0 Å². The molecule has 24 heavy (non-hydrogen) atoms. The molecular weight excluding hydrogens is 342 g/mol. The van der Waals surface area contributed by atoms with Crippen LogP contribution in [0.4, 0.5) is 5.82 Å². The van der Waals surface area contributed by atoms with Gasteiger partial charge in [-0.1, -0.05) is 23.7 Å². The second-order valence-electron chi connectivity index (χ2n) is 5.44. The van der Waals surface area contributed by atoms with Crippen molar-refractivity contribution >= 4 is 34.4 Å². The number of halogens is 1. The highest BCUT2D eigenvalue weighted by molar-refractivity contribution is 7.08. The maximum atomic E-state index is 5.95. The molecule has 0 fully saturated rings. The molecule has 0 spiro atoms. The zero-order valence-electron chi connectivity index (χ0n) is 12.8. The predicted octanol–water partition coefficient (Wildman–Crippen LogP) is 4.68. The third-order valence-electron chi connectivity index (χ3n) is 3.78. The van der Waals surface area contributed by atoms with Crippen LogP contribution in [0.25, 0.3) is 17.0 Å². The third kappa shape index (κ3) is 2.86. The molecule has 1 unspecified atom stereocenters. The van der Waals surface area contributed by atoms with Crippen molar-refractivity contribution in [2.24, 2.45) is 0 Å². The Bertz CT molecular complexity index is 962. The van der Waals surface area contributed by atoms with Crippen LogP contribution in [-0.2, 0) is 0 Å². The highest BCUT2D eigenvalue weighted by atomic mass is 35.5. The zero-order valence-corrected chi connectivity index (χ0v) is 14.4. The lowest BCUT2D eigenvalue weighted by molar-refractivity contribution is 0.847. The van der Waals surface area contributed by atoms with E-state index >= 15 is 0 Å². The second-order valence-corrected chi connectivity index (χ2v) is 6.66. The first-order valence-electron chi connectivity index (χ1n) is 7.48. The first-order chi connectivity index (χ1) is 11.7. The van der Waals surface area contributed by atoms with Crippen LogP contribution in [0, 0.1) is 0 Å². The van der Waals surface area contributed by atoms with E-state index in [0.717, 1.165) is 33.4 Å². The predicted molar refractivity (Wildman–Crippen MR) is 97.6 cm³/mol. The Morgan fingerprint density at radius 2 is 1.92 bits per heavy atom. The number of fused-ring (bicyclic) bond motifs is 1. The van der Waals surface area contributed by atoms with Gasteiger partial charge in [-0.05, 0) is 48.2 Å². The van der Waals surface area contributed by atoms with Gasteiger partial charge in [0.05, 0.1) is 0 Å². The van der Waals surface area contributed by atoms with Crippen LogP contribution in [0.2, 0.25) is 5.02 Å². The van der Waals surface area contributed by atoms with Crippen LogP contribution in [0.3, 0.4) is 0 Å². The largest absolute Gasteiger partial charge is 0.362 e. The Kier molecular flexibility index (Phi) is 3.92. The highest BCUT2D eigenvalue weighted by Gasteiger charge is 2.12. The summed E-state index contributed by atoms with van der Waals surface area (Å²) < 4.78 is 1.76. The summed E-state index contributed by atoms with van der Waals surface area (Å²) in [6.07, 6.45) is 0. The van der Waals surface area contributed by atoms with Crippen molar-refractivity contribution in [2.75, 3.05) is 5.32 Å². The van der Waals surface area contributed by atoms with Crippen molar-refractivity contribution in [2.45, 2.75) is 13.0 Å². The molecule has 1 aromatic carbocycles. The zero-order chi connectivity index (χ0) is 16.5. The molecule has 4 aromatic rings. The molecule has 120 valence electrons. The third-order valence-corrected chi connectivity index (χ3v) is 4.71. The fourth-order valence-electron chi connectivity index (χ4n) is 2.49. The molecule has 1 atom stereocenters. The molecule has 5 nitrogen and oxygen atoms in total. The summed E-state index contributed by atoms with van der Waals surface area (Å²) in [5, 5.41) is 21.2. The second kappa shape index (κ2) is 6.22. The molecule has 1 N–H and O–H groups in total. The van der Waals surface area contributed by atoms with Gasteiger partial charge in [0.15, 0.2) is 11.5 Å². The molecule has 0 saturated heterocycles. The van der Waals surface area contributed by atoms with E-state index in [1.54, 1.807) is 15.9 Å². The van der Waals surface area contributed by atoms with E-state index in [1.165, 1.54) is 0 Å². The number of anilines is 1. The van der Waals surface area contributed by atoms with Gasteiger partial charge in [0.1, 0.15) is 5.82 Å². The number of nitrogens with zero attached hydrogens (tertiary/aromatic N) is 4. The quantitative estimate of drug-likeness (QED) is 0.577. The van der Waals surface area contributed by atoms with Crippen LogP contribution >= 0.6 is 22.9 Å². The fourth-order valence-corrected chi connectivity index (χ4v) is 3.25. The molecule has 0 aliphatic heterocycles. The lowest BCUT2D eigenvalue weighted by Crippen LogP contribution is -2.09. The average molecular weight is 356 g/mol. The summed E-state index contributed by atoms with van der Waals surface area (Å²) in [5.74, 6) is 1.51. The van der Waals surface area contributed by atoms with E-state index in [0.29, 0.717) is 0 Å². The number of benzene rings is 1. The van der Waals surface area contributed by atoms with Gasteiger partial charge in [0.25, 0.3) is 0 Å². The van der Waals surface area contributed by atoms with Gasteiger partial charge in [-0.25, -0.2) is 0 Å². The van der Waals surface area contributed by atoms with E-state index in [9.17, 15) is 0 Å². The standard InChI is InChI=1S/C17H14ClN5S/c1-11(12-2-4-14(18)5-3-12)19-15-6-7-16-20-21-17(23(16)22-15)13-8-9-24-10-13/h2-11H,1H3,(H,19,22). The molecule has 0 aliphatic carbocycles. The van der Waals surface area contributed by atoms with Gasteiger partial charge in [-0.15, -0.1) is 15.3 Å². The molecule has 4 rings (SSSR count). The molecule has 0 aliphatic rings. The van der Waals surface area contributed by atoms with Crippen LogP contribution in [-0.4, -0.2) is 19.8 Å². The Morgan fingerprint density at radius 3 is 2.67 bits per heavy atom. The first kappa shape index (κ1) is 15.1. The number of rotatable bonds is 4. The van der Waals surface area contributed by atoms with Gasteiger partial charge in [0.2, 0.25) is 0 Å². The summed E-state index contributed by atoms with van der Waals surface area (Å²) >= 11 is 7.57. The Morgan fingerprint density at radius 1 is 1.08 bits per heavy atom. The van der Waals surface area contributed by atoms with Crippen molar-refractivity contribution in [1.82, 2.24) is 19.8 Å². The maximum absolute atomic E-state index is 5.95. The molecule has 0 amide bonds. The molecule has 7 heteroatoms. The summed E-state index contributed by atoms with van der Waals surface area (Å²) in [5.41, 5.74) is 2.88. The van der Waals surface area contributed by atoms with Gasteiger partial charge in [-0.2, -0.15) is 15.9 Å². The number of nitrogens with one attached hydrogen (secondary N) is 1. The lowest BCUT2D eigenvalue weighted by atomic mass is 10.1. The number of hydrogen-bond donors (Lipinski definition) is 1. The van der Waals surface area contributed by atoms with E-state index in [4.69, 9.17) is 11.6 Å². The van der Waals surface area contributed by atoms with Crippen LogP contribution < -0.4 is 5.32 Å². The summed E-state index contributed by atoms with van der Waals surface area (Å²) in [7, 11) is 0. The van der Waals surface area contributed by atoms with Crippen molar-refractivity contribution in [1.29, 1.82) is 0 Å². The van der Waals surface area contributed by atoms with Crippen molar-refractivity contribution in [3.63, 3.8) is 0 Å². The number of hydrogen-bond acceptors (Lipinski definition) is 5. The normalized spacial score (nSPS) is 12.4. The van der Waals surface area contributed by atoms with Gasteiger partial charge < -0.3 is 5.32 Å². The van der Waals surface area contributed by atoms with Crippen molar-refractivity contribution in [3.8, 4) is 11.4 Å². The summed E-state index contributed by atoms with van der Waals surface area (Å²) in [4.78, 5) is 0. The summed E-state index contributed by atoms with van der Waals surface area (Å²) in [6, 6.07) is 13.7. The Labute approximate surface area is 147 Å². The van der Waals surface area contributed by atoms with Gasteiger partial charge >= 0.3 is 0 Å². The van der Waals surface area contributed by atoms with Crippen molar-refractivity contribution < 1.29 is 0 Å². The topological polar surface area (TPSA) is 55.1 Å². The van der Waals surface area contributed by atoms with Crippen LogP contribution in [0.5, 0.6) is 0 Å². The van der Waals surface area contributed by atoms with Gasteiger partial charge in [0, 0.05) is 22.0 Å². The minimum absolute atomic E-state index is 0.105. The fraction of sp³-hybridized carbons (Fsp3) is 0.118. The summed E-state index contributed by atoms with van der Waals surface area (Å²) in [6.45, 7) is 2.08. The van der Waals surface area contributed by atoms with Crippen LogP contribution in [0.1, 0.15) is 18.5 Å². The number of thiophene rings is 1. The molecule has 0 saturated carbocycles. The minimum Gasteiger partial charge on any atom is -0.362 e. The lowest BCUT2D eigenvalue weighted by Gasteiger charge is -2.15. The Hall–Kier alpha value is -2.44. The van der Waals surface area contributed by atoms with Crippen molar-refractivity contribution in [3.05, 3.63) is 63.8 Å². The average Bonchev–Trinajstić information content (AvgIpc) is 3.24. The van der Waals surface area contributed by atoms with E-state index in [1.807, 2.05) is 53.2 Å². The van der Waals surface area contributed by atoms with E-state index in [2.05, 4.69) is 27.5 Å². The van der Waals surface area contributed by atoms with E-state index < -0.39 is 0 Å². The van der Waals surface area contributed by atoms with E-state index in [-0.39, 0.29) is 6.04 Å². The SMILES string of the molecule is CC(Nc1ccc2nnc(-c3ccsc3)n2n1)c1ccc(Cl)cc1. The minimum atomic E-state index is 0.105. The molecule has 0 radical (unpaired) electrons. The molecule has 3 heterocycles. The maximum Gasteiger partial charge on any atom is 0.186 e. The number of aromatic nitrogens is 4. The monoisotopic (exact) mass is 355 g/mol. The smallest absolute Gasteiger partial charge is 0.186 e. The first-order valence-corrected chi connectivity index (χ1v) is 8.80. The van der Waals surface area contributed by atoms with Crippen LogP contribution in [0.15, 0.2) is 53.2 Å². The Balaban J connectivity index is 1.65. The molecule has 0 bridgehead atoms. The molecular formula is C17H14ClN5S.